The molecule has 1 N–H and O–H groups in total. The molecule has 8 heterocycles. The summed E-state index contributed by atoms with van der Waals surface area (Å²) in [5.41, 5.74) is 5.69. The molecule has 0 radical (unpaired) electrons. The molecule has 0 aromatic carbocycles. The van der Waals surface area contributed by atoms with E-state index in [1.54, 1.807) is 23.9 Å². The van der Waals surface area contributed by atoms with Crippen LogP contribution in [0.4, 0.5) is 9.59 Å². The van der Waals surface area contributed by atoms with Crippen LogP contribution in [-0.4, -0.2) is 79.0 Å². The van der Waals surface area contributed by atoms with Gasteiger partial charge in [-0.15, -0.1) is 11.3 Å². The molecule has 0 atom stereocenters. The van der Waals surface area contributed by atoms with Gasteiger partial charge in [-0.05, 0) is 98.0 Å². The molecule has 0 spiro atoms. The number of ether oxygens (including phenoxy) is 1. The van der Waals surface area contributed by atoms with E-state index in [2.05, 4.69) is 43.6 Å². The van der Waals surface area contributed by atoms with Crippen molar-refractivity contribution >= 4 is 57.2 Å². The van der Waals surface area contributed by atoms with Gasteiger partial charge in [0.05, 0.1) is 36.6 Å². The number of carbonyl (C=O) groups excluding carboxylic acids is 1. The van der Waals surface area contributed by atoms with Crippen LogP contribution in [0.2, 0.25) is 4.34 Å². The predicted molar refractivity (Wildman–Crippen MR) is 198 cm³/mol. The van der Waals surface area contributed by atoms with E-state index < -0.39 is 6.09 Å². The number of hydrogen-bond acceptors (Lipinski definition) is 7. The van der Waals surface area contributed by atoms with E-state index in [1.165, 1.54) is 31.7 Å². The minimum atomic E-state index is -0.822. The average Bonchev–Trinajstić information content (AvgIpc) is 3.97. The summed E-state index contributed by atoms with van der Waals surface area (Å²) in [6, 6.07) is 14.1. The van der Waals surface area contributed by atoms with Crippen molar-refractivity contribution in [1.29, 1.82) is 0 Å². The Labute approximate surface area is 305 Å². The van der Waals surface area contributed by atoms with E-state index in [1.807, 2.05) is 54.5 Å². The van der Waals surface area contributed by atoms with Crippen LogP contribution in [0.25, 0.3) is 22.1 Å². The summed E-state index contributed by atoms with van der Waals surface area (Å²) in [6.45, 7) is 6.40. The summed E-state index contributed by atoms with van der Waals surface area (Å²) in [4.78, 5) is 36.7. The number of nitrogens with zero attached hydrogens (tertiary/aromatic N) is 6. The van der Waals surface area contributed by atoms with Gasteiger partial charge in [0.1, 0.15) is 11.3 Å². The highest BCUT2D eigenvalue weighted by atomic mass is 35.5. The Morgan fingerprint density at radius 3 is 1.96 bits per heavy atom. The lowest BCUT2D eigenvalue weighted by atomic mass is 9.90. The zero-order valence-corrected chi connectivity index (χ0v) is 30.1. The minimum Gasteiger partial charge on any atom is -0.472 e. The van der Waals surface area contributed by atoms with Crippen LogP contribution in [0.15, 0.2) is 84.2 Å². The van der Waals surface area contributed by atoms with Gasteiger partial charge in [-0.25, -0.2) is 19.6 Å². The number of piperidine rings is 2. The number of hydrogen-bond donors (Lipinski definition) is 1. The molecule has 8 rings (SSSR count). The summed E-state index contributed by atoms with van der Waals surface area (Å²) >= 11 is 7.64. The lowest BCUT2D eigenvalue weighted by Crippen LogP contribution is -2.38. The van der Waals surface area contributed by atoms with Crippen LogP contribution in [0.1, 0.15) is 66.0 Å². The quantitative estimate of drug-likeness (QED) is 0.175. The maximum absolute atomic E-state index is 11.9. The third-order valence-electron chi connectivity index (χ3n) is 9.88. The first-order chi connectivity index (χ1) is 24.9. The van der Waals surface area contributed by atoms with Crippen molar-refractivity contribution in [1.82, 2.24) is 28.9 Å². The van der Waals surface area contributed by atoms with Crippen molar-refractivity contribution in [3.8, 4) is 0 Å². The summed E-state index contributed by atoms with van der Waals surface area (Å²) in [5, 5.41) is 11.5. The standard InChI is InChI=1S/C20H23N3O3.C18H18ClN3O2S/c1-2-26-20(24)22-9-5-16(6-10-22)18-13-23(12-15-7-11-25-14-15)19-17(18)4-3-8-21-19;19-16-4-3-13(25-16)10-22-11-15(14-2-1-7-20-17(14)22)12-5-8-21(9-6-12)18(23)24/h3-4,7-8,11,13-14,16H,2,5-6,9-10,12H2,1H3;1-4,7,11-12H,5-6,8-10H2,(H,23,24). The fraction of sp³-hybridized carbons (Fsp3) is 0.368. The van der Waals surface area contributed by atoms with E-state index in [0.29, 0.717) is 31.5 Å². The summed E-state index contributed by atoms with van der Waals surface area (Å²) in [7, 11) is 0. The van der Waals surface area contributed by atoms with E-state index >= 15 is 0 Å². The number of thiophene rings is 1. The summed E-state index contributed by atoms with van der Waals surface area (Å²) in [6.07, 6.45) is 14.1. The zero-order chi connectivity index (χ0) is 35.3. The first-order valence-electron chi connectivity index (χ1n) is 17.4. The molecule has 2 aliphatic heterocycles. The van der Waals surface area contributed by atoms with Gasteiger partial charge in [-0.2, -0.15) is 0 Å². The number of likely N-dealkylation sites (tertiary alicyclic amines) is 2. The first-order valence-corrected chi connectivity index (χ1v) is 18.6. The lowest BCUT2D eigenvalue weighted by molar-refractivity contribution is 0.0971. The van der Waals surface area contributed by atoms with Gasteiger partial charge < -0.3 is 33.2 Å². The number of furan rings is 1. The Kier molecular flexibility index (Phi) is 10.6. The van der Waals surface area contributed by atoms with Crippen LogP contribution < -0.4 is 0 Å². The van der Waals surface area contributed by atoms with Crippen molar-refractivity contribution in [3.63, 3.8) is 0 Å². The smallest absolute Gasteiger partial charge is 0.409 e. The zero-order valence-electron chi connectivity index (χ0n) is 28.5. The summed E-state index contributed by atoms with van der Waals surface area (Å²) < 4.78 is 15.5. The highest BCUT2D eigenvalue weighted by molar-refractivity contribution is 7.16. The molecule has 11 nitrogen and oxygen atoms in total. The summed E-state index contributed by atoms with van der Waals surface area (Å²) in [5.74, 6) is 0.799. The molecule has 266 valence electrons. The normalized spacial score (nSPS) is 15.6. The number of halogens is 1. The molecular formula is C38H41ClN6O5S. The fourth-order valence-corrected chi connectivity index (χ4v) is 8.43. The molecule has 2 saturated heterocycles. The van der Waals surface area contributed by atoms with Gasteiger partial charge in [0, 0.05) is 72.2 Å². The number of aromatic nitrogens is 4. The Hall–Kier alpha value is -4.81. The molecule has 51 heavy (non-hydrogen) atoms. The molecule has 0 saturated carbocycles. The highest BCUT2D eigenvalue weighted by Gasteiger charge is 2.28. The van der Waals surface area contributed by atoms with Gasteiger partial charge in [0.2, 0.25) is 0 Å². The number of fused-ring (bicyclic) bond motifs is 2. The van der Waals surface area contributed by atoms with Gasteiger partial charge in [-0.1, -0.05) is 11.6 Å². The topological polar surface area (TPSA) is 119 Å². The van der Waals surface area contributed by atoms with Gasteiger partial charge in [0.15, 0.2) is 0 Å². The minimum absolute atomic E-state index is 0.199. The van der Waals surface area contributed by atoms with Gasteiger partial charge >= 0.3 is 12.2 Å². The number of rotatable bonds is 7. The number of pyridine rings is 2. The molecule has 2 amide bonds. The van der Waals surface area contributed by atoms with Crippen LogP contribution in [0, 0.1) is 0 Å². The van der Waals surface area contributed by atoms with Crippen molar-refractivity contribution in [2.24, 2.45) is 0 Å². The molecule has 0 aliphatic carbocycles. The van der Waals surface area contributed by atoms with Crippen molar-refractivity contribution in [3.05, 3.63) is 106 Å². The van der Waals surface area contributed by atoms with Gasteiger partial charge in [-0.3, -0.25) is 0 Å². The van der Waals surface area contributed by atoms with E-state index in [4.69, 9.17) is 25.9 Å². The Balaban J connectivity index is 0.000000159. The average molecular weight is 729 g/mol. The number of carbonyl (C=O) groups is 2. The maximum Gasteiger partial charge on any atom is 0.409 e. The largest absolute Gasteiger partial charge is 0.472 e. The van der Waals surface area contributed by atoms with Crippen LogP contribution in [0.5, 0.6) is 0 Å². The second-order valence-electron chi connectivity index (χ2n) is 13.0. The monoisotopic (exact) mass is 728 g/mol. The third-order valence-corrected chi connectivity index (χ3v) is 11.1. The predicted octanol–water partition coefficient (Wildman–Crippen LogP) is 8.67. The highest BCUT2D eigenvalue weighted by Crippen LogP contribution is 2.36. The first kappa shape index (κ1) is 34.6. The van der Waals surface area contributed by atoms with Crippen molar-refractivity contribution < 1.29 is 23.8 Å². The van der Waals surface area contributed by atoms with Crippen molar-refractivity contribution in [2.45, 2.75) is 57.5 Å². The van der Waals surface area contributed by atoms with Crippen LogP contribution in [0.3, 0.4) is 0 Å². The molecule has 0 bridgehead atoms. The lowest BCUT2D eigenvalue weighted by Gasteiger charge is -2.31. The Morgan fingerprint density at radius 1 is 0.863 bits per heavy atom. The maximum atomic E-state index is 11.9. The molecule has 2 fully saturated rings. The SMILES string of the molecule is CCOC(=O)N1CCC(c2cn(Cc3ccoc3)c3ncccc23)CC1.O=C(O)N1CCC(c2cn(Cc3ccc(Cl)s3)c3ncccc23)CC1. The number of amides is 2. The fourth-order valence-electron chi connectivity index (χ4n) is 7.34. The van der Waals surface area contributed by atoms with E-state index in [-0.39, 0.29) is 6.09 Å². The Bertz CT molecular complexity index is 2090. The molecule has 2 aliphatic rings. The molecule has 6 aromatic heterocycles. The molecular weight excluding hydrogens is 688 g/mol. The van der Waals surface area contributed by atoms with Gasteiger partial charge in [0.25, 0.3) is 0 Å². The molecule has 0 unspecified atom stereocenters. The van der Waals surface area contributed by atoms with Crippen molar-refractivity contribution in [2.75, 3.05) is 32.8 Å². The second kappa shape index (κ2) is 15.6. The van der Waals surface area contributed by atoms with Crippen LogP contribution >= 0.6 is 22.9 Å². The van der Waals surface area contributed by atoms with E-state index in [0.717, 1.165) is 73.1 Å². The third kappa shape index (κ3) is 7.77. The number of carboxylic acid groups (broad SMARTS) is 1. The Morgan fingerprint density at radius 2 is 1.45 bits per heavy atom. The second-order valence-corrected chi connectivity index (χ2v) is 14.8. The molecule has 13 heteroatoms. The van der Waals surface area contributed by atoms with E-state index in [9.17, 15) is 9.59 Å². The van der Waals surface area contributed by atoms with Crippen LogP contribution in [-0.2, 0) is 17.8 Å². The molecule has 6 aromatic rings.